The Hall–Kier alpha value is -2.67. The predicted molar refractivity (Wildman–Crippen MR) is 104 cm³/mol. The molecule has 0 aromatic heterocycles. The van der Waals surface area contributed by atoms with E-state index in [2.05, 4.69) is 10.5 Å². The number of hydrogen-bond donors (Lipinski definition) is 1. The molecule has 6 nitrogen and oxygen atoms in total. The smallest absolute Gasteiger partial charge is 0.240 e. The highest BCUT2D eigenvalue weighted by atomic mass is 32.2. The number of amides is 1. The van der Waals surface area contributed by atoms with Crippen molar-refractivity contribution in [3.8, 4) is 5.75 Å². The number of hydrogen-bond acceptors (Lipinski definition) is 5. The molecule has 0 bridgehead atoms. The number of nitrogens with one attached hydrogen (secondary N) is 1. The molecule has 0 aliphatic carbocycles. The Balaban J connectivity index is 1.43. The third kappa shape index (κ3) is 6.21. The quantitative estimate of drug-likeness (QED) is 0.585. The van der Waals surface area contributed by atoms with Crippen molar-refractivity contribution in [1.29, 1.82) is 0 Å². The Morgan fingerprint density at radius 1 is 1.15 bits per heavy atom. The van der Waals surface area contributed by atoms with Gasteiger partial charge in [-0.25, -0.2) is 13.8 Å². The monoisotopic (exact) mass is 386 g/mol. The highest BCUT2D eigenvalue weighted by Crippen LogP contribution is 2.21. The summed E-state index contributed by atoms with van der Waals surface area (Å²) in [5.41, 5.74) is 4.37. The van der Waals surface area contributed by atoms with Crippen LogP contribution in [0.1, 0.15) is 24.0 Å². The fourth-order valence-electron chi connectivity index (χ4n) is 2.91. The second-order valence-electron chi connectivity index (χ2n) is 6.61. The van der Waals surface area contributed by atoms with E-state index < -0.39 is 9.84 Å². The molecule has 2 aromatic carbocycles. The summed E-state index contributed by atoms with van der Waals surface area (Å²) in [4.78, 5) is 11.8. The minimum absolute atomic E-state index is 0.0918. The van der Waals surface area contributed by atoms with Crippen LogP contribution in [0.15, 0.2) is 59.7 Å². The van der Waals surface area contributed by atoms with Crippen molar-refractivity contribution in [3.05, 3.63) is 65.7 Å². The van der Waals surface area contributed by atoms with Crippen molar-refractivity contribution in [1.82, 2.24) is 5.43 Å². The van der Waals surface area contributed by atoms with Crippen molar-refractivity contribution >= 4 is 22.0 Å². The fraction of sp³-hybridized carbons (Fsp3) is 0.300. The number of carbonyl (C=O) groups is 1. The average molecular weight is 386 g/mol. The van der Waals surface area contributed by atoms with E-state index in [9.17, 15) is 13.2 Å². The largest absolute Gasteiger partial charge is 0.489 e. The van der Waals surface area contributed by atoms with Crippen LogP contribution in [0.5, 0.6) is 5.75 Å². The topological polar surface area (TPSA) is 84.8 Å². The second kappa shape index (κ2) is 8.81. The Morgan fingerprint density at radius 2 is 1.89 bits per heavy atom. The molecule has 0 spiro atoms. The third-order valence-corrected chi connectivity index (χ3v) is 6.17. The molecule has 1 aliphatic heterocycles. The number of benzene rings is 2. The first-order valence-electron chi connectivity index (χ1n) is 8.79. The van der Waals surface area contributed by atoms with Gasteiger partial charge in [-0.2, -0.15) is 5.10 Å². The van der Waals surface area contributed by atoms with Gasteiger partial charge in [-0.15, -0.1) is 0 Å². The van der Waals surface area contributed by atoms with E-state index in [0.29, 0.717) is 13.0 Å². The molecule has 1 heterocycles. The summed E-state index contributed by atoms with van der Waals surface area (Å²) in [6, 6.07) is 17.3. The van der Waals surface area contributed by atoms with Gasteiger partial charge in [-0.05, 0) is 47.7 Å². The summed E-state index contributed by atoms with van der Waals surface area (Å²) in [7, 11) is -2.96. The highest BCUT2D eigenvalue weighted by Gasteiger charge is 2.29. The summed E-state index contributed by atoms with van der Waals surface area (Å²) in [5, 5.41) is 3.93. The number of sulfone groups is 1. The Morgan fingerprint density at radius 3 is 2.56 bits per heavy atom. The van der Waals surface area contributed by atoms with Crippen molar-refractivity contribution in [2.75, 3.05) is 11.5 Å². The van der Waals surface area contributed by atoms with E-state index in [1.165, 1.54) is 0 Å². The summed E-state index contributed by atoms with van der Waals surface area (Å²) >= 11 is 0. The molecule has 3 rings (SSSR count). The lowest BCUT2D eigenvalue weighted by Gasteiger charge is -2.06. The number of carbonyl (C=O) groups excluding carboxylic acids is 1. The highest BCUT2D eigenvalue weighted by molar-refractivity contribution is 7.91. The number of rotatable bonds is 7. The average Bonchev–Trinajstić information content (AvgIpc) is 3.00. The molecule has 0 radical (unpaired) electrons. The maximum Gasteiger partial charge on any atom is 0.240 e. The van der Waals surface area contributed by atoms with E-state index in [1.54, 1.807) is 6.21 Å². The number of hydrazone groups is 1. The first-order valence-corrected chi connectivity index (χ1v) is 10.6. The first kappa shape index (κ1) is 19.1. The van der Waals surface area contributed by atoms with Crippen LogP contribution in [0.2, 0.25) is 0 Å². The van der Waals surface area contributed by atoms with Crippen molar-refractivity contribution in [3.63, 3.8) is 0 Å². The van der Waals surface area contributed by atoms with Gasteiger partial charge < -0.3 is 4.74 Å². The zero-order valence-corrected chi connectivity index (χ0v) is 15.7. The number of nitrogens with zero attached hydrogens (tertiary/aromatic N) is 1. The molecule has 0 unspecified atom stereocenters. The van der Waals surface area contributed by atoms with Gasteiger partial charge in [0.2, 0.25) is 5.91 Å². The molecule has 0 saturated carbocycles. The summed E-state index contributed by atoms with van der Waals surface area (Å²) < 4.78 is 28.5. The Labute approximate surface area is 159 Å². The van der Waals surface area contributed by atoms with Gasteiger partial charge in [-0.3, -0.25) is 4.79 Å². The SMILES string of the molecule is O=C(C[C@H]1CCS(=O)(=O)C1)N/N=C\c1ccc(OCc2ccccc2)cc1. The van der Waals surface area contributed by atoms with Gasteiger partial charge in [0.15, 0.2) is 9.84 Å². The number of ether oxygens (including phenoxy) is 1. The summed E-state index contributed by atoms with van der Waals surface area (Å²) in [6.07, 6.45) is 2.27. The van der Waals surface area contributed by atoms with Crippen LogP contribution in [0, 0.1) is 5.92 Å². The Bertz CT molecular complexity index is 893. The van der Waals surface area contributed by atoms with Gasteiger partial charge in [-0.1, -0.05) is 30.3 Å². The predicted octanol–water partition coefficient (Wildman–Crippen LogP) is 2.54. The van der Waals surface area contributed by atoms with Crippen LogP contribution in [0.4, 0.5) is 0 Å². The van der Waals surface area contributed by atoms with Crippen molar-refractivity contribution < 1.29 is 17.9 Å². The maximum absolute atomic E-state index is 11.8. The van der Waals surface area contributed by atoms with Crippen LogP contribution in [-0.4, -0.2) is 32.0 Å². The molecule has 142 valence electrons. The first-order chi connectivity index (χ1) is 13.0. The normalized spacial score (nSPS) is 18.4. The van der Waals surface area contributed by atoms with E-state index in [0.717, 1.165) is 16.9 Å². The molecule has 1 fully saturated rings. The molecular formula is C20H22N2O4S. The van der Waals surface area contributed by atoms with E-state index in [-0.39, 0.29) is 29.8 Å². The van der Waals surface area contributed by atoms with Crippen LogP contribution in [0.25, 0.3) is 0 Å². The Kier molecular flexibility index (Phi) is 6.24. The standard InChI is InChI=1S/C20H22N2O4S/c23-20(12-18-10-11-27(24,25)15-18)22-21-13-16-6-8-19(9-7-16)26-14-17-4-2-1-3-5-17/h1-9,13,18H,10-12,14-15H2,(H,22,23)/b21-13-/t18-/m1/s1. The molecule has 2 aromatic rings. The molecule has 1 saturated heterocycles. The zero-order valence-electron chi connectivity index (χ0n) is 14.9. The molecule has 27 heavy (non-hydrogen) atoms. The van der Waals surface area contributed by atoms with E-state index >= 15 is 0 Å². The zero-order chi connectivity index (χ0) is 19.1. The van der Waals surface area contributed by atoms with Crippen molar-refractivity contribution in [2.24, 2.45) is 11.0 Å². The molecule has 7 heteroatoms. The molecule has 1 aliphatic rings. The lowest BCUT2D eigenvalue weighted by atomic mass is 10.1. The lowest BCUT2D eigenvalue weighted by molar-refractivity contribution is -0.121. The second-order valence-corrected chi connectivity index (χ2v) is 8.84. The van der Waals surface area contributed by atoms with Gasteiger partial charge in [0.1, 0.15) is 12.4 Å². The van der Waals surface area contributed by atoms with Crippen LogP contribution >= 0.6 is 0 Å². The van der Waals surface area contributed by atoms with Gasteiger partial charge in [0.25, 0.3) is 0 Å². The van der Waals surface area contributed by atoms with Crippen LogP contribution < -0.4 is 10.2 Å². The summed E-state index contributed by atoms with van der Waals surface area (Å²) in [5.74, 6) is 0.645. The fourth-order valence-corrected chi connectivity index (χ4v) is 4.77. The molecular weight excluding hydrogens is 364 g/mol. The molecule has 1 amide bonds. The van der Waals surface area contributed by atoms with Crippen molar-refractivity contribution in [2.45, 2.75) is 19.4 Å². The molecule has 1 N–H and O–H groups in total. The maximum atomic E-state index is 11.8. The van der Waals surface area contributed by atoms with Gasteiger partial charge >= 0.3 is 0 Å². The van der Waals surface area contributed by atoms with Crippen LogP contribution in [-0.2, 0) is 21.2 Å². The lowest BCUT2D eigenvalue weighted by Crippen LogP contribution is -2.21. The minimum Gasteiger partial charge on any atom is -0.489 e. The van der Waals surface area contributed by atoms with E-state index in [1.807, 2.05) is 54.6 Å². The van der Waals surface area contributed by atoms with Gasteiger partial charge in [0.05, 0.1) is 17.7 Å². The summed E-state index contributed by atoms with van der Waals surface area (Å²) in [6.45, 7) is 0.501. The van der Waals surface area contributed by atoms with Gasteiger partial charge in [0, 0.05) is 6.42 Å². The molecule has 1 atom stereocenters. The third-order valence-electron chi connectivity index (χ3n) is 4.33. The minimum atomic E-state index is -2.96. The van der Waals surface area contributed by atoms with E-state index in [4.69, 9.17) is 4.74 Å². The van der Waals surface area contributed by atoms with Crippen LogP contribution in [0.3, 0.4) is 0 Å².